The van der Waals surface area contributed by atoms with Crippen molar-refractivity contribution in [2.45, 2.75) is 35.7 Å². The van der Waals surface area contributed by atoms with Gasteiger partial charge >= 0.3 is 11.0 Å². The Hall–Kier alpha value is -4.36. The van der Waals surface area contributed by atoms with E-state index in [1.54, 1.807) is 12.1 Å². The number of carbonyl (C=O) groups excluding carboxylic acids is 3. The summed E-state index contributed by atoms with van der Waals surface area (Å²) in [4.78, 5) is 57.5. The number of nitrogens with zero attached hydrogens (tertiary/aromatic N) is 1. The van der Waals surface area contributed by atoms with Crippen LogP contribution in [-0.4, -0.2) is 34.6 Å². The molecular formula is C35H28F3N3O5S2. The minimum absolute atomic E-state index is 0.141. The molecule has 2 saturated carbocycles. The number of amides is 3. The first-order chi connectivity index (χ1) is 23.0. The molecule has 0 spiro atoms. The Balaban J connectivity index is 1.10. The van der Waals surface area contributed by atoms with Crippen molar-refractivity contribution < 1.29 is 32.3 Å². The Labute approximate surface area is 280 Å². The summed E-state index contributed by atoms with van der Waals surface area (Å²) in [5, 5.41) is 3.39. The van der Waals surface area contributed by atoms with Crippen molar-refractivity contribution in [3.8, 4) is 5.75 Å². The van der Waals surface area contributed by atoms with E-state index in [1.165, 1.54) is 30.0 Å². The molecule has 3 heterocycles. The number of halogens is 3. The van der Waals surface area contributed by atoms with Gasteiger partial charge in [-0.15, -0.1) is 11.8 Å². The van der Waals surface area contributed by atoms with Gasteiger partial charge in [0.1, 0.15) is 5.75 Å². The average Bonchev–Trinajstić information content (AvgIpc) is 3.78. The van der Waals surface area contributed by atoms with E-state index in [-0.39, 0.29) is 46.3 Å². The van der Waals surface area contributed by atoms with Gasteiger partial charge in [0.15, 0.2) is 6.61 Å². The highest BCUT2D eigenvalue weighted by Crippen LogP contribution is 2.69. The zero-order valence-electron chi connectivity index (χ0n) is 25.3. The summed E-state index contributed by atoms with van der Waals surface area (Å²) in [5.41, 5.74) is 1.05. The van der Waals surface area contributed by atoms with Crippen molar-refractivity contribution in [2.24, 2.45) is 29.6 Å². The van der Waals surface area contributed by atoms with E-state index in [0.29, 0.717) is 22.9 Å². The summed E-state index contributed by atoms with van der Waals surface area (Å²) >= 11 is 2.60. The van der Waals surface area contributed by atoms with E-state index in [2.05, 4.69) is 10.3 Å². The zero-order chi connectivity index (χ0) is 33.5. The van der Waals surface area contributed by atoms with Crippen LogP contribution in [0.1, 0.15) is 33.9 Å². The van der Waals surface area contributed by atoms with Gasteiger partial charge in [-0.1, -0.05) is 47.7 Å². The molecule has 13 heteroatoms. The molecule has 0 unspecified atom stereocenters. The maximum Gasteiger partial charge on any atom is 0.418 e. The second kappa shape index (κ2) is 11.4. The number of hydrogen-bond donors (Lipinski definition) is 2. The van der Waals surface area contributed by atoms with Gasteiger partial charge < -0.3 is 15.0 Å². The van der Waals surface area contributed by atoms with Crippen molar-refractivity contribution in [1.82, 2.24) is 4.98 Å². The molecule has 48 heavy (non-hydrogen) atoms. The number of nitrogens with one attached hydrogen (secondary N) is 2. The zero-order valence-corrected chi connectivity index (χ0v) is 27.0. The monoisotopic (exact) mass is 691 g/mol. The topological polar surface area (TPSA) is 109 Å². The summed E-state index contributed by atoms with van der Waals surface area (Å²) in [6.45, 7) is 1.70. The molecule has 2 aliphatic heterocycles. The molecule has 1 saturated heterocycles. The summed E-state index contributed by atoms with van der Waals surface area (Å²) in [7, 11) is 0. The van der Waals surface area contributed by atoms with Crippen molar-refractivity contribution in [1.29, 1.82) is 0 Å². The molecule has 8 rings (SSSR count). The third-order valence-corrected chi connectivity index (χ3v) is 12.7. The molecular weight excluding hydrogens is 664 g/mol. The van der Waals surface area contributed by atoms with Crippen LogP contribution in [0.25, 0.3) is 0 Å². The van der Waals surface area contributed by atoms with Crippen LogP contribution in [-0.2, 0) is 20.6 Å². The Morgan fingerprint density at radius 2 is 1.73 bits per heavy atom. The number of benzene rings is 3. The van der Waals surface area contributed by atoms with E-state index >= 15 is 0 Å². The normalized spacial score (nSPS) is 27.1. The average molecular weight is 692 g/mol. The Kier molecular flexibility index (Phi) is 7.33. The number of imide groups is 1. The number of H-pyrrole nitrogens is 1. The van der Waals surface area contributed by atoms with Gasteiger partial charge in [0, 0.05) is 21.7 Å². The second-order valence-electron chi connectivity index (χ2n) is 12.8. The lowest BCUT2D eigenvalue weighted by Gasteiger charge is -2.43. The van der Waals surface area contributed by atoms with Crippen LogP contribution >= 0.6 is 23.1 Å². The number of anilines is 2. The van der Waals surface area contributed by atoms with E-state index in [9.17, 15) is 32.3 Å². The van der Waals surface area contributed by atoms with Crippen LogP contribution in [0.15, 0.2) is 82.6 Å². The van der Waals surface area contributed by atoms with Crippen LogP contribution in [0.3, 0.4) is 0 Å². The number of thioether (sulfide) groups is 1. The molecule has 3 aromatic carbocycles. The number of alkyl halides is 3. The van der Waals surface area contributed by atoms with Crippen LogP contribution in [0, 0.1) is 36.5 Å². The number of aryl methyl sites for hydroxylation is 1. The summed E-state index contributed by atoms with van der Waals surface area (Å²) in [5.74, 6) is -3.56. The van der Waals surface area contributed by atoms with Gasteiger partial charge in [0.2, 0.25) is 11.8 Å². The number of aromatic nitrogens is 1. The molecule has 7 atom stereocenters. The van der Waals surface area contributed by atoms with Gasteiger partial charge in [-0.05, 0) is 78.6 Å². The molecule has 3 fully saturated rings. The lowest BCUT2D eigenvalue weighted by Crippen LogP contribution is -2.42. The largest absolute Gasteiger partial charge is 0.484 e. The van der Waals surface area contributed by atoms with Crippen molar-refractivity contribution in [2.75, 3.05) is 16.8 Å². The lowest BCUT2D eigenvalue weighted by atomic mass is 9.68. The fourth-order valence-electron chi connectivity index (χ4n) is 8.40. The maximum absolute atomic E-state index is 14.0. The third kappa shape index (κ3) is 4.97. The van der Waals surface area contributed by atoms with Gasteiger partial charge in [-0.25, -0.2) is 4.90 Å². The minimum atomic E-state index is -4.74. The van der Waals surface area contributed by atoms with Crippen LogP contribution in [0.4, 0.5) is 24.5 Å². The number of para-hydroxylation sites is 1. The fourth-order valence-corrected chi connectivity index (χ4v) is 11.3. The highest BCUT2D eigenvalue weighted by Gasteiger charge is 2.70. The molecule has 2 aliphatic carbocycles. The van der Waals surface area contributed by atoms with Gasteiger partial charge in [0.05, 0.1) is 28.1 Å². The molecule has 2 bridgehead atoms. The maximum atomic E-state index is 14.0. The SMILES string of the molecule is Cc1cccc(NC(=O)COc2cccc([C@@H]3c4sc(=O)[nH]c4S[C@@H]4[C@@H]5C[C@@H]([C@@H]6C(=O)N(c7ccccc7C(F)(F)F)C(=O)[C@@H]56)[C@H]34)c2)c1. The van der Waals surface area contributed by atoms with Gasteiger partial charge in [-0.3, -0.25) is 19.2 Å². The van der Waals surface area contributed by atoms with E-state index in [0.717, 1.165) is 38.3 Å². The summed E-state index contributed by atoms with van der Waals surface area (Å²) in [6.07, 6.45) is -4.15. The molecule has 1 aromatic heterocycles. The molecule has 246 valence electrons. The number of ether oxygens (including phenoxy) is 1. The number of thiazole rings is 1. The number of rotatable bonds is 6. The number of carbonyl (C=O) groups is 3. The Morgan fingerprint density at radius 1 is 0.979 bits per heavy atom. The molecule has 4 aromatic rings. The first-order valence-corrected chi connectivity index (χ1v) is 17.2. The molecule has 2 N–H and O–H groups in total. The predicted octanol–water partition coefficient (Wildman–Crippen LogP) is 6.46. The fraction of sp³-hybridized carbons (Fsp3) is 0.314. The highest BCUT2D eigenvalue weighted by molar-refractivity contribution is 8.00. The van der Waals surface area contributed by atoms with Crippen LogP contribution in [0.2, 0.25) is 0 Å². The summed E-state index contributed by atoms with van der Waals surface area (Å²) in [6, 6.07) is 19.4. The summed E-state index contributed by atoms with van der Waals surface area (Å²) < 4.78 is 47.8. The van der Waals surface area contributed by atoms with E-state index in [1.807, 2.05) is 43.3 Å². The Bertz CT molecular complexity index is 2040. The molecule has 4 aliphatic rings. The van der Waals surface area contributed by atoms with E-state index in [4.69, 9.17) is 4.74 Å². The standard InChI is InChI=1S/C35H28F3N3O5S2/c1-16-6-4-8-18(12-16)39-24(42)15-46-19-9-5-7-17(13-19)25-26-20-14-21(29(26)47-31-30(25)48-34(45)40-31)28-27(20)32(43)41(33(28)44)23-11-3-2-10-22(23)35(36,37)38/h2-13,20-21,25-29H,14-15H2,1H3,(H,39,42)(H,40,45)/t20-,21-,25+,26-,27+,28+,29-/m1/s1. The number of hydrogen-bond acceptors (Lipinski definition) is 7. The first-order valence-electron chi connectivity index (χ1n) is 15.5. The van der Waals surface area contributed by atoms with Crippen molar-refractivity contribution >= 4 is 52.2 Å². The number of fused-ring (bicyclic) bond motifs is 9. The molecule has 8 nitrogen and oxygen atoms in total. The third-order valence-electron chi connectivity index (χ3n) is 10.1. The van der Waals surface area contributed by atoms with Crippen molar-refractivity contribution in [3.63, 3.8) is 0 Å². The Morgan fingerprint density at radius 3 is 2.50 bits per heavy atom. The van der Waals surface area contributed by atoms with E-state index < -0.39 is 41.1 Å². The minimum Gasteiger partial charge on any atom is -0.484 e. The lowest BCUT2D eigenvalue weighted by molar-refractivity contribution is -0.137. The smallest absolute Gasteiger partial charge is 0.418 e. The molecule has 3 amide bonds. The van der Waals surface area contributed by atoms with Gasteiger partial charge in [0.25, 0.3) is 5.91 Å². The van der Waals surface area contributed by atoms with Gasteiger partial charge in [-0.2, -0.15) is 13.2 Å². The predicted molar refractivity (Wildman–Crippen MR) is 174 cm³/mol. The quantitative estimate of drug-likeness (QED) is 0.225. The second-order valence-corrected chi connectivity index (χ2v) is 15.0. The first kappa shape index (κ1) is 30.9. The van der Waals surface area contributed by atoms with Crippen LogP contribution in [0.5, 0.6) is 5.75 Å². The van der Waals surface area contributed by atoms with Crippen molar-refractivity contribution in [3.05, 3.63) is 104 Å². The number of aromatic amines is 1. The highest BCUT2D eigenvalue weighted by atomic mass is 32.2. The molecule has 0 radical (unpaired) electrons. The van der Waals surface area contributed by atoms with Crippen LogP contribution < -0.4 is 19.8 Å².